The molecule has 7 heteroatoms. The maximum Gasteiger partial charge on any atom is 0.266 e. The molecule has 7 nitrogen and oxygen atoms in total. The van der Waals surface area contributed by atoms with Crippen LogP contribution in [0.5, 0.6) is 0 Å². The molecule has 20 heavy (non-hydrogen) atoms. The van der Waals surface area contributed by atoms with Gasteiger partial charge >= 0.3 is 0 Å². The fraction of sp³-hybridized carbons (Fsp3) is 0.615. The third-order valence-corrected chi connectivity index (χ3v) is 3.11. The summed E-state index contributed by atoms with van der Waals surface area (Å²) in [5.41, 5.74) is 0.123. The Morgan fingerprint density at radius 2 is 1.90 bits per heavy atom. The Bertz CT molecular complexity index is 394. The highest BCUT2D eigenvalue weighted by molar-refractivity contribution is 5.97. The second kappa shape index (κ2) is 8.93. The molecule has 0 aromatic rings. The van der Waals surface area contributed by atoms with Crippen molar-refractivity contribution in [3.8, 4) is 6.07 Å². The molecule has 1 fully saturated rings. The second-order valence-electron chi connectivity index (χ2n) is 4.64. The van der Waals surface area contributed by atoms with E-state index < -0.39 is 0 Å². The van der Waals surface area contributed by atoms with Crippen LogP contribution in [0.15, 0.2) is 11.8 Å². The van der Waals surface area contributed by atoms with Crippen molar-refractivity contribution in [2.24, 2.45) is 0 Å². The Labute approximate surface area is 119 Å². The minimum atomic E-state index is -0.223. The molecule has 0 spiro atoms. The number of nitrogens with zero attached hydrogens (tertiary/aromatic N) is 3. The third kappa shape index (κ3) is 5.28. The summed E-state index contributed by atoms with van der Waals surface area (Å²) in [6.07, 6.45) is 2.84. The number of piperazine rings is 1. The van der Waals surface area contributed by atoms with Gasteiger partial charge in [-0.15, -0.1) is 0 Å². The lowest BCUT2D eigenvalue weighted by molar-refractivity contribution is -0.128. The first kappa shape index (κ1) is 16.0. The van der Waals surface area contributed by atoms with Crippen LogP contribution in [0.4, 0.5) is 0 Å². The van der Waals surface area contributed by atoms with Gasteiger partial charge in [0.1, 0.15) is 11.6 Å². The third-order valence-electron chi connectivity index (χ3n) is 3.11. The SMILES string of the molecule is CN1CCN(C(=O)/C(C#N)=C\NCCCNC=O)CC1. The zero-order valence-corrected chi connectivity index (χ0v) is 11.8. The molecule has 1 rings (SSSR count). The van der Waals surface area contributed by atoms with Crippen LogP contribution < -0.4 is 10.6 Å². The van der Waals surface area contributed by atoms with Crippen molar-refractivity contribution >= 4 is 12.3 Å². The van der Waals surface area contributed by atoms with Crippen LogP contribution in [0.25, 0.3) is 0 Å². The topological polar surface area (TPSA) is 88.5 Å². The largest absolute Gasteiger partial charge is 0.390 e. The molecule has 1 heterocycles. The Morgan fingerprint density at radius 1 is 1.25 bits per heavy atom. The molecule has 110 valence electrons. The number of hydrogen-bond donors (Lipinski definition) is 2. The summed E-state index contributed by atoms with van der Waals surface area (Å²) < 4.78 is 0. The molecule has 2 amide bonds. The molecule has 0 radical (unpaired) electrons. The lowest BCUT2D eigenvalue weighted by atomic mass is 10.2. The molecule has 0 atom stereocenters. The van der Waals surface area contributed by atoms with E-state index in [9.17, 15) is 9.59 Å². The smallest absolute Gasteiger partial charge is 0.266 e. The zero-order chi connectivity index (χ0) is 14.8. The highest BCUT2D eigenvalue weighted by Crippen LogP contribution is 2.05. The van der Waals surface area contributed by atoms with Crippen LogP contribution in [0, 0.1) is 11.3 Å². The maximum atomic E-state index is 12.1. The average Bonchev–Trinajstić information content (AvgIpc) is 2.47. The van der Waals surface area contributed by atoms with Gasteiger partial charge in [-0.1, -0.05) is 0 Å². The number of hydrogen-bond acceptors (Lipinski definition) is 5. The minimum absolute atomic E-state index is 0.123. The number of nitriles is 1. The predicted molar refractivity (Wildman–Crippen MR) is 74.5 cm³/mol. The van der Waals surface area contributed by atoms with Crippen molar-refractivity contribution in [2.45, 2.75) is 6.42 Å². The van der Waals surface area contributed by atoms with Gasteiger partial charge in [-0.25, -0.2) is 0 Å². The monoisotopic (exact) mass is 279 g/mol. The van der Waals surface area contributed by atoms with Gasteiger partial charge in [-0.2, -0.15) is 5.26 Å². The molecule has 0 aromatic carbocycles. The van der Waals surface area contributed by atoms with Crippen LogP contribution in [0.1, 0.15) is 6.42 Å². The van der Waals surface area contributed by atoms with Crippen molar-refractivity contribution in [2.75, 3.05) is 46.3 Å². The summed E-state index contributed by atoms with van der Waals surface area (Å²) >= 11 is 0. The molecule has 1 aliphatic rings. The highest BCUT2D eigenvalue weighted by Gasteiger charge is 2.21. The standard InChI is InChI=1S/C13H21N5O2/c1-17-5-7-18(8-6-17)13(20)12(9-14)10-15-3-2-4-16-11-19/h10-11,15H,2-8H2,1H3,(H,16,19)/b12-10-. The molecule has 0 aliphatic carbocycles. The van der Waals surface area contributed by atoms with E-state index in [-0.39, 0.29) is 11.5 Å². The number of amides is 2. The quantitative estimate of drug-likeness (QED) is 0.267. The van der Waals surface area contributed by atoms with E-state index in [0.717, 1.165) is 19.5 Å². The van der Waals surface area contributed by atoms with Crippen LogP contribution in [-0.2, 0) is 9.59 Å². The number of rotatable bonds is 7. The molecule has 0 unspecified atom stereocenters. The maximum absolute atomic E-state index is 12.1. The van der Waals surface area contributed by atoms with Crippen molar-refractivity contribution in [3.05, 3.63) is 11.8 Å². The number of nitrogens with one attached hydrogen (secondary N) is 2. The summed E-state index contributed by atoms with van der Waals surface area (Å²) in [6.45, 7) is 4.13. The number of carbonyl (C=O) groups is 2. The fourth-order valence-corrected chi connectivity index (χ4v) is 1.85. The average molecular weight is 279 g/mol. The molecular formula is C13H21N5O2. The van der Waals surface area contributed by atoms with E-state index in [1.807, 2.05) is 13.1 Å². The fourth-order valence-electron chi connectivity index (χ4n) is 1.85. The Balaban J connectivity index is 2.38. The van der Waals surface area contributed by atoms with E-state index in [1.54, 1.807) is 4.90 Å². The summed E-state index contributed by atoms with van der Waals surface area (Å²) in [5.74, 6) is -0.223. The summed E-state index contributed by atoms with van der Waals surface area (Å²) in [6, 6.07) is 1.93. The molecule has 1 saturated heterocycles. The van der Waals surface area contributed by atoms with E-state index in [1.165, 1.54) is 6.20 Å². The zero-order valence-electron chi connectivity index (χ0n) is 11.8. The van der Waals surface area contributed by atoms with Crippen LogP contribution in [0.2, 0.25) is 0 Å². The van der Waals surface area contributed by atoms with Gasteiger partial charge in [0.05, 0.1) is 0 Å². The summed E-state index contributed by atoms with van der Waals surface area (Å²) in [4.78, 5) is 26.0. The van der Waals surface area contributed by atoms with Gasteiger partial charge in [0, 0.05) is 45.5 Å². The van der Waals surface area contributed by atoms with E-state index >= 15 is 0 Å². The van der Waals surface area contributed by atoms with Gasteiger partial charge < -0.3 is 20.4 Å². The summed E-state index contributed by atoms with van der Waals surface area (Å²) in [7, 11) is 2.01. The molecule has 0 aromatic heterocycles. The number of likely N-dealkylation sites (N-methyl/N-ethyl adjacent to an activating group) is 1. The van der Waals surface area contributed by atoms with E-state index in [2.05, 4.69) is 15.5 Å². The van der Waals surface area contributed by atoms with Crippen molar-refractivity contribution in [1.29, 1.82) is 5.26 Å². The molecular weight excluding hydrogens is 258 g/mol. The van der Waals surface area contributed by atoms with Gasteiger partial charge in [-0.3, -0.25) is 9.59 Å². The molecule has 0 bridgehead atoms. The van der Waals surface area contributed by atoms with Crippen LogP contribution >= 0.6 is 0 Å². The first-order valence-electron chi connectivity index (χ1n) is 6.67. The van der Waals surface area contributed by atoms with Crippen LogP contribution in [-0.4, -0.2) is 68.4 Å². The van der Waals surface area contributed by atoms with Gasteiger partial charge in [-0.05, 0) is 13.5 Å². The van der Waals surface area contributed by atoms with Crippen molar-refractivity contribution < 1.29 is 9.59 Å². The van der Waals surface area contributed by atoms with E-state index in [4.69, 9.17) is 5.26 Å². The number of carbonyl (C=O) groups excluding carboxylic acids is 2. The lowest BCUT2D eigenvalue weighted by Gasteiger charge is -2.32. The van der Waals surface area contributed by atoms with E-state index in [0.29, 0.717) is 32.6 Å². The highest BCUT2D eigenvalue weighted by atomic mass is 16.2. The molecule has 1 aliphatic heterocycles. The van der Waals surface area contributed by atoms with Crippen molar-refractivity contribution in [3.63, 3.8) is 0 Å². The normalized spacial score (nSPS) is 16.4. The summed E-state index contributed by atoms with van der Waals surface area (Å²) in [5, 5.41) is 14.5. The van der Waals surface area contributed by atoms with Gasteiger partial charge in [0.2, 0.25) is 6.41 Å². The Hall–Kier alpha value is -2.07. The second-order valence-corrected chi connectivity index (χ2v) is 4.64. The Kier molecular flexibility index (Phi) is 7.14. The van der Waals surface area contributed by atoms with Gasteiger partial charge in [0.25, 0.3) is 5.91 Å². The lowest BCUT2D eigenvalue weighted by Crippen LogP contribution is -2.47. The first-order chi connectivity index (χ1) is 9.69. The first-order valence-corrected chi connectivity index (χ1v) is 6.67. The molecule has 2 N–H and O–H groups in total. The predicted octanol–water partition coefficient (Wildman–Crippen LogP) is -1.11. The van der Waals surface area contributed by atoms with Crippen molar-refractivity contribution in [1.82, 2.24) is 20.4 Å². The Morgan fingerprint density at radius 3 is 2.50 bits per heavy atom. The van der Waals surface area contributed by atoms with Crippen LogP contribution in [0.3, 0.4) is 0 Å². The molecule has 0 saturated carbocycles. The van der Waals surface area contributed by atoms with Gasteiger partial charge in [0.15, 0.2) is 0 Å². The minimum Gasteiger partial charge on any atom is -0.390 e.